The number of aliphatic imine (C=N–C) groups is 1. The molecule has 38 heavy (non-hydrogen) atoms. The molecule has 2 saturated heterocycles. The number of likely N-dealkylation sites (tertiary alicyclic amines) is 1. The number of terminal acetylenes is 1. The zero-order valence-corrected chi connectivity index (χ0v) is 23.9. The van der Waals surface area contributed by atoms with E-state index in [4.69, 9.17) is 11.8 Å². The average molecular weight is 558 g/mol. The van der Waals surface area contributed by atoms with Crippen LogP contribution in [0.25, 0.3) is 0 Å². The number of carbonyl (C=O) groups is 1. The molecular formula is C27H37N6O3S2+. The van der Waals surface area contributed by atoms with Gasteiger partial charge in [-0.2, -0.15) is 0 Å². The first-order valence-corrected chi connectivity index (χ1v) is 15.2. The molecule has 204 valence electrons. The van der Waals surface area contributed by atoms with Crippen LogP contribution in [-0.2, 0) is 14.8 Å². The molecule has 2 aliphatic heterocycles. The SMILES string of the molecule is C#C[C@]1(CN(CC(C)=NC)c2cc(S(=O)(=O)NC3(C)CC3)cc(NC3CCN(C(=O)C=C)C3)c2C=[NH2+])CS1. The number of benzene rings is 1. The van der Waals surface area contributed by atoms with Crippen LogP contribution in [0.3, 0.4) is 0 Å². The third kappa shape index (κ3) is 6.25. The Hall–Kier alpha value is -2.81. The molecule has 1 aliphatic carbocycles. The van der Waals surface area contributed by atoms with E-state index in [-0.39, 0.29) is 21.6 Å². The summed E-state index contributed by atoms with van der Waals surface area (Å²) in [4.78, 5) is 20.4. The number of rotatable bonds is 12. The maximum absolute atomic E-state index is 13.5. The van der Waals surface area contributed by atoms with E-state index in [1.807, 2.05) is 13.8 Å². The summed E-state index contributed by atoms with van der Waals surface area (Å²) in [6.45, 7) is 9.50. The van der Waals surface area contributed by atoms with Crippen LogP contribution in [0.5, 0.6) is 0 Å². The molecule has 3 fully saturated rings. The molecule has 1 aromatic rings. The maximum atomic E-state index is 13.5. The van der Waals surface area contributed by atoms with Gasteiger partial charge in [-0.3, -0.25) is 15.2 Å². The number of anilines is 2. The molecule has 0 spiro atoms. The van der Waals surface area contributed by atoms with Crippen molar-refractivity contribution in [3.05, 3.63) is 30.4 Å². The molecule has 1 unspecified atom stereocenters. The van der Waals surface area contributed by atoms with Gasteiger partial charge in [-0.1, -0.05) is 12.5 Å². The van der Waals surface area contributed by atoms with E-state index in [1.54, 1.807) is 35.8 Å². The van der Waals surface area contributed by atoms with Crippen molar-refractivity contribution in [3.8, 4) is 12.3 Å². The zero-order valence-electron chi connectivity index (χ0n) is 22.3. The normalized spacial score (nSPS) is 23.9. The summed E-state index contributed by atoms with van der Waals surface area (Å²) < 4.78 is 29.6. The molecule has 3 aliphatic rings. The van der Waals surface area contributed by atoms with E-state index in [9.17, 15) is 13.2 Å². The van der Waals surface area contributed by atoms with Crippen molar-refractivity contribution < 1.29 is 18.6 Å². The number of amides is 1. The highest BCUT2D eigenvalue weighted by molar-refractivity contribution is 8.08. The van der Waals surface area contributed by atoms with Crippen LogP contribution in [0.1, 0.15) is 38.7 Å². The lowest BCUT2D eigenvalue weighted by molar-refractivity contribution is -0.125. The molecule has 1 aromatic carbocycles. The second-order valence-corrected chi connectivity index (χ2v) is 13.6. The van der Waals surface area contributed by atoms with Crippen molar-refractivity contribution in [1.82, 2.24) is 9.62 Å². The first-order valence-electron chi connectivity index (χ1n) is 12.7. The van der Waals surface area contributed by atoms with Gasteiger partial charge in [-0.15, -0.1) is 18.2 Å². The Labute approximate surface area is 230 Å². The minimum atomic E-state index is -3.81. The third-order valence-corrected chi connectivity index (χ3v) is 10.2. The quantitative estimate of drug-likeness (QED) is 0.152. The van der Waals surface area contributed by atoms with Crippen molar-refractivity contribution in [3.63, 3.8) is 0 Å². The van der Waals surface area contributed by atoms with Crippen molar-refractivity contribution >= 4 is 51.0 Å². The second kappa shape index (κ2) is 10.8. The van der Waals surface area contributed by atoms with E-state index in [1.165, 1.54) is 12.3 Å². The molecular weight excluding hydrogens is 520 g/mol. The molecule has 1 saturated carbocycles. The Morgan fingerprint density at radius 3 is 2.71 bits per heavy atom. The van der Waals surface area contributed by atoms with E-state index in [0.717, 1.165) is 24.3 Å². The van der Waals surface area contributed by atoms with Gasteiger partial charge in [0.15, 0.2) is 6.21 Å². The van der Waals surface area contributed by atoms with Gasteiger partial charge in [0.25, 0.3) is 0 Å². The molecule has 1 amide bonds. The monoisotopic (exact) mass is 557 g/mol. The fourth-order valence-corrected chi connectivity index (χ4v) is 6.80. The largest absolute Gasteiger partial charge is 0.380 e. The van der Waals surface area contributed by atoms with E-state index < -0.39 is 15.6 Å². The predicted octanol–water partition coefficient (Wildman–Crippen LogP) is 0.910. The van der Waals surface area contributed by atoms with E-state index >= 15 is 0 Å². The number of sulfonamides is 1. The minimum absolute atomic E-state index is 0.0688. The molecule has 2 atom stereocenters. The molecule has 0 bridgehead atoms. The van der Waals surface area contributed by atoms with Gasteiger partial charge in [-0.05, 0) is 51.3 Å². The summed E-state index contributed by atoms with van der Waals surface area (Å²) in [7, 11) is -2.08. The highest BCUT2D eigenvalue weighted by atomic mass is 32.2. The maximum Gasteiger partial charge on any atom is 0.246 e. The fourth-order valence-electron chi connectivity index (χ4n) is 4.61. The number of carbonyl (C=O) groups excluding carboxylic acids is 1. The van der Waals surface area contributed by atoms with E-state index in [2.05, 4.69) is 32.4 Å². The van der Waals surface area contributed by atoms with Gasteiger partial charge in [-0.25, -0.2) is 13.1 Å². The first-order chi connectivity index (χ1) is 18.0. The minimum Gasteiger partial charge on any atom is -0.380 e. The molecule has 0 aromatic heterocycles. The average Bonchev–Trinajstić information content (AvgIpc) is 3.78. The molecule has 11 heteroatoms. The lowest BCUT2D eigenvalue weighted by atomic mass is 10.1. The number of thioether (sulfide) groups is 1. The van der Waals surface area contributed by atoms with Crippen LogP contribution in [0.15, 0.2) is 34.7 Å². The summed E-state index contributed by atoms with van der Waals surface area (Å²) in [6.07, 6.45) is 11.0. The zero-order chi connectivity index (χ0) is 27.7. The number of nitrogens with two attached hydrogens (primary N) is 1. The lowest BCUT2D eigenvalue weighted by Gasteiger charge is -2.30. The molecule has 4 N–H and O–H groups in total. The second-order valence-electron chi connectivity index (χ2n) is 10.6. The van der Waals surface area contributed by atoms with Gasteiger partial charge in [0, 0.05) is 49.7 Å². The fraction of sp³-hybridized carbons (Fsp3) is 0.519. The first kappa shape index (κ1) is 28.2. The van der Waals surface area contributed by atoms with Gasteiger partial charge in [0.2, 0.25) is 15.9 Å². The summed E-state index contributed by atoms with van der Waals surface area (Å²) >= 11 is 1.70. The van der Waals surface area contributed by atoms with Crippen LogP contribution in [0, 0.1) is 12.3 Å². The number of hydrogen-bond acceptors (Lipinski definition) is 7. The van der Waals surface area contributed by atoms with Crippen LogP contribution in [-0.4, -0.2) is 86.5 Å². The van der Waals surface area contributed by atoms with Crippen molar-refractivity contribution in [2.75, 3.05) is 49.2 Å². The highest BCUT2D eigenvalue weighted by Gasteiger charge is 2.45. The Morgan fingerprint density at radius 1 is 1.45 bits per heavy atom. The van der Waals surface area contributed by atoms with Crippen LogP contribution >= 0.6 is 11.8 Å². The van der Waals surface area contributed by atoms with Gasteiger partial charge in [0.05, 0.1) is 28.4 Å². The van der Waals surface area contributed by atoms with Crippen molar-refractivity contribution in [1.29, 1.82) is 0 Å². The summed E-state index contributed by atoms with van der Waals surface area (Å²) in [6, 6.07) is 3.25. The number of nitrogens with zero attached hydrogens (tertiary/aromatic N) is 3. The van der Waals surface area contributed by atoms with Crippen molar-refractivity contribution in [2.45, 2.75) is 54.3 Å². The van der Waals surface area contributed by atoms with Gasteiger partial charge in [0.1, 0.15) is 4.75 Å². The summed E-state index contributed by atoms with van der Waals surface area (Å²) in [5, 5.41) is 9.68. The van der Waals surface area contributed by atoms with Crippen LogP contribution < -0.4 is 20.3 Å². The Kier molecular flexibility index (Phi) is 7.98. The Balaban J connectivity index is 1.78. The molecule has 2 heterocycles. The molecule has 4 rings (SSSR count). The van der Waals surface area contributed by atoms with Gasteiger partial charge >= 0.3 is 0 Å². The predicted molar refractivity (Wildman–Crippen MR) is 156 cm³/mol. The topological polar surface area (TPSA) is 120 Å². The smallest absolute Gasteiger partial charge is 0.246 e. The third-order valence-electron chi connectivity index (χ3n) is 7.37. The van der Waals surface area contributed by atoms with Crippen LogP contribution in [0.2, 0.25) is 0 Å². The standard InChI is InChI=1S/C27H36N6O3S2/c1-6-25(34)32-11-8-20(16-32)30-23-12-21(38(35,36)31-26(4)9-10-26)13-24(22(23)14-28)33(15-19(3)29-5)17-27(7-2)18-37-27/h2,6,12-14,20,28,30-31H,1,8-11,15-18H2,3-5H3/p+1/t20?,27-/m0/s1. The number of hydrogen-bond donors (Lipinski definition) is 3. The number of nitrogens with one attached hydrogen (secondary N) is 2. The summed E-state index contributed by atoms with van der Waals surface area (Å²) in [5.41, 5.74) is 2.40. The van der Waals surface area contributed by atoms with Crippen molar-refractivity contribution in [2.24, 2.45) is 4.99 Å². The molecule has 9 nitrogen and oxygen atoms in total. The summed E-state index contributed by atoms with van der Waals surface area (Å²) in [5.74, 6) is 3.62. The van der Waals surface area contributed by atoms with Crippen LogP contribution in [0.4, 0.5) is 11.4 Å². The highest BCUT2D eigenvalue weighted by Crippen LogP contribution is 2.46. The lowest BCUT2D eigenvalue weighted by Crippen LogP contribution is -2.40. The molecule has 0 radical (unpaired) electrons. The van der Waals surface area contributed by atoms with E-state index in [0.29, 0.717) is 49.5 Å². The Bertz CT molecular complexity index is 1310. The Morgan fingerprint density at radius 2 is 2.16 bits per heavy atom. The van der Waals surface area contributed by atoms with Gasteiger partial charge < -0.3 is 15.1 Å².